The fourth-order valence-corrected chi connectivity index (χ4v) is 3.73. The summed E-state index contributed by atoms with van der Waals surface area (Å²) in [6.45, 7) is 22.7. The summed E-state index contributed by atoms with van der Waals surface area (Å²) in [5, 5.41) is 17.5. The van der Waals surface area contributed by atoms with Crippen LogP contribution in [-0.2, 0) is 48.9 Å². The van der Waals surface area contributed by atoms with Gasteiger partial charge in [-0.2, -0.15) is 0 Å². The molecule has 2 rings (SSSR count). The molecule has 1 saturated carbocycles. The Bertz CT molecular complexity index is 1070. The van der Waals surface area contributed by atoms with Crippen LogP contribution in [0, 0.1) is 0 Å². The first-order valence-corrected chi connectivity index (χ1v) is 20.1. The summed E-state index contributed by atoms with van der Waals surface area (Å²) in [6, 6.07) is 1.29. The van der Waals surface area contributed by atoms with Crippen molar-refractivity contribution in [2.75, 3.05) is 33.7 Å². The van der Waals surface area contributed by atoms with Crippen molar-refractivity contribution in [3.8, 4) is 0 Å². The molecule has 0 spiro atoms. The van der Waals surface area contributed by atoms with E-state index in [-0.39, 0.29) is 24.0 Å². The number of ether oxygens (including phenoxy) is 5. The van der Waals surface area contributed by atoms with Crippen molar-refractivity contribution in [1.29, 1.82) is 0 Å². The lowest BCUT2D eigenvalue weighted by atomic mass is 10.2. The quantitative estimate of drug-likeness (QED) is 0.0746. The molecule has 1 aromatic heterocycles. The number of hydrogen-bond donors (Lipinski definition) is 3. The van der Waals surface area contributed by atoms with Gasteiger partial charge in [-0.1, -0.05) is 62.3 Å². The third-order valence-corrected chi connectivity index (χ3v) is 6.36. The number of rotatable bonds is 13. The number of aromatic amines is 1. The van der Waals surface area contributed by atoms with E-state index in [1.807, 2.05) is 62.3 Å². The maximum Gasteiger partial charge on any atom is 0.510 e. The number of methoxy groups -OCH3 is 1. The van der Waals surface area contributed by atoms with Gasteiger partial charge in [0.15, 0.2) is 5.79 Å². The number of hydrogen-bond acceptors (Lipinski definition) is 15. The van der Waals surface area contributed by atoms with Crippen LogP contribution < -0.4 is 11.2 Å². The zero-order valence-corrected chi connectivity index (χ0v) is 36.7. The predicted octanol–water partition coefficient (Wildman–Crippen LogP) is 7.88. The van der Waals surface area contributed by atoms with Gasteiger partial charge in [0.1, 0.15) is 0 Å². The molecular formula is C34H72ClN2O15P. The minimum atomic E-state index is -4.23. The van der Waals surface area contributed by atoms with Crippen LogP contribution in [0.5, 0.6) is 0 Å². The van der Waals surface area contributed by atoms with Crippen LogP contribution in [0.25, 0.3) is 0 Å². The molecule has 1 aliphatic rings. The highest BCUT2D eigenvalue weighted by Gasteiger charge is 2.30. The Labute approximate surface area is 322 Å². The predicted molar refractivity (Wildman–Crippen MR) is 207 cm³/mol. The van der Waals surface area contributed by atoms with Crippen LogP contribution in [0.4, 0.5) is 9.59 Å². The zero-order chi connectivity index (χ0) is 43.1. The van der Waals surface area contributed by atoms with Crippen LogP contribution in [0.15, 0.2) is 21.9 Å². The third-order valence-electron chi connectivity index (χ3n) is 5.05. The summed E-state index contributed by atoms with van der Waals surface area (Å²) in [5.74, 6) is -1.31. The Balaban J connectivity index is -0.000000171. The van der Waals surface area contributed by atoms with Crippen LogP contribution in [0.1, 0.15) is 122 Å². The molecule has 17 nitrogen and oxygen atoms in total. The lowest BCUT2D eigenvalue weighted by molar-refractivity contribution is -0.152. The normalized spacial score (nSPS) is 12.4. The van der Waals surface area contributed by atoms with Crippen LogP contribution in [-0.4, -0.2) is 89.9 Å². The maximum absolute atomic E-state index is 12.6. The van der Waals surface area contributed by atoms with E-state index in [0.29, 0.717) is 19.3 Å². The topological polar surface area (TPSA) is 220 Å². The molecule has 0 amide bonds. The number of H-pyrrole nitrogens is 1. The fraction of sp³-hybridized carbons (Fsp3) is 0.824. The number of aromatic nitrogens is 2. The lowest BCUT2D eigenvalue weighted by Crippen LogP contribution is -2.26. The van der Waals surface area contributed by atoms with Gasteiger partial charge in [-0.15, -0.1) is 11.6 Å². The van der Waals surface area contributed by atoms with E-state index in [9.17, 15) is 23.7 Å². The van der Waals surface area contributed by atoms with E-state index in [4.69, 9.17) is 38.0 Å². The Morgan fingerprint density at radius 1 is 0.849 bits per heavy atom. The molecule has 0 saturated heterocycles. The molecule has 0 bridgehead atoms. The molecule has 1 fully saturated rings. The van der Waals surface area contributed by atoms with Crippen LogP contribution in [0.3, 0.4) is 0 Å². The van der Waals surface area contributed by atoms with Gasteiger partial charge >= 0.3 is 25.8 Å². The minimum absolute atomic E-state index is 0.128. The van der Waals surface area contributed by atoms with Gasteiger partial charge in [0.25, 0.3) is 5.56 Å². The van der Waals surface area contributed by atoms with E-state index in [2.05, 4.69) is 26.1 Å². The van der Waals surface area contributed by atoms with Gasteiger partial charge in [0.05, 0.1) is 24.9 Å². The Morgan fingerprint density at radius 3 is 1.51 bits per heavy atom. The van der Waals surface area contributed by atoms with Gasteiger partial charge in [0.2, 0.25) is 13.6 Å². The SMILES string of the molecule is CC.CC.CC.CC.CCC(COP(=O)(OCOC(=O)OC(C)C)OCOC(=O)OC(C)C)OC.CCl.Cn1ccc(=O)[nH]c1=O.OC1(O)CCCC1. The monoisotopic (exact) mass is 814 g/mol. The fourth-order valence-electron chi connectivity index (χ4n) is 2.79. The number of carbonyl (C=O) groups is 2. The first-order chi connectivity index (χ1) is 25.0. The number of nitrogens with zero attached hydrogens (tertiary/aromatic N) is 1. The molecule has 3 N–H and O–H groups in total. The molecule has 53 heavy (non-hydrogen) atoms. The summed E-state index contributed by atoms with van der Waals surface area (Å²) in [5.41, 5.74) is -0.749. The van der Waals surface area contributed by atoms with Crippen molar-refractivity contribution < 1.29 is 61.6 Å². The van der Waals surface area contributed by atoms with Crippen molar-refractivity contribution in [2.45, 2.75) is 146 Å². The minimum Gasteiger partial charge on any atom is -0.432 e. The molecule has 1 aromatic rings. The number of aryl methyl sites for hydroxylation is 1. The van der Waals surface area contributed by atoms with Crippen molar-refractivity contribution in [2.24, 2.45) is 7.05 Å². The Hall–Kier alpha value is -2.50. The zero-order valence-electron chi connectivity index (χ0n) is 35.0. The summed E-state index contributed by atoms with van der Waals surface area (Å²) < 4.78 is 52.5. The van der Waals surface area contributed by atoms with E-state index in [0.717, 1.165) is 12.8 Å². The van der Waals surface area contributed by atoms with E-state index < -0.39 is 51.7 Å². The molecule has 0 aliphatic heterocycles. The number of aliphatic hydroxyl groups is 2. The van der Waals surface area contributed by atoms with Crippen LogP contribution in [0.2, 0.25) is 0 Å². The molecule has 0 aromatic carbocycles. The van der Waals surface area contributed by atoms with Crippen molar-refractivity contribution >= 4 is 31.7 Å². The first-order valence-electron chi connectivity index (χ1n) is 17.8. The second-order valence-corrected chi connectivity index (χ2v) is 11.2. The van der Waals surface area contributed by atoms with Crippen molar-refractivity contribution in [3.05, 3.63) is 33.1 Å². The average Bonchev–Trinajstić information content (AvgIpc) is 3.55. The largest absolute Gasteiger partial charge is 0.510 e. The van der Waals surface area contributed by atoms with E-state index in [1.165, 1.54) is 30.3 Å². The highest BCUT2D eigenvalue weighted by atomic mass is 35.5. The van der Waals surface area contributed by atoms with Gasteiger partial charge < -0.3 is 38.5 Å². The van der Waals surface area contributed by atoms with Crippen molar-refractivity contribution in [3.63, 3.8) is 0 Å². The lowest BCUT2D eigenvalue weighted by Gasteiger charge is -2.20. The summed E-state index contributed by atoms with van der Waals surface area (Å²) in [7, 11) is -1.20. The van der Waals surface area contributed by atoms with Gasteiger partial charge in [-0.05, 0) is 47.0 Å². The number of phosphoric acid groups is 1. The van der Waals surface area contributed by atoms with Gasteiger partial charge in [-0.25, -0.2) is 28.0 Å². The maximum atomic E-state index is 12.6. The molecular weight excluding hydrogens is 743 g/mol. The number of carbonyl (C=O) groups excluding carboxylic acids is 2. The summed E-state index contributed by atoms with van der Waals surface area (Å²) in [4.78, 5) is 45.6. The highest BCUT2D eigenvalue weighted by molar-refractivity contribution is 7.48. The third kappa shape index (κ3) is 42.1. The standard InChI is InChI=1S/C15H29O11P.C5H6N2O2.C5H10O2.4C2H6.CH3Cl/c1-7-13(19-6)8-22-27(18,23-9-20-14(16)25-11(2)3)24-10-21-15(17)26-12(4)5;1-7-3-2-4(8)6-5(7)9;6-5(7)3-1-2-4-5;5*1-2/h11-13H,7-10H2,1-6H3;2-3H,1H3,(H,6,8,9);6-7H,1-4H2;4*1-2H3;1H3. The highest BCUT2D eigenvalue weighted by Crippen LogP contribution is 2.49. The summed E-state index contributed by atoms with van der Waals surface area (Å²) in [6.07, 6.45) is 3.32. The van der Waals surface area contributed by atoms with E-state index in [1.54, 1.807) is 34.7 Å². The Morgan fingerprint density at radius 2 is 1.25 bits per heavy atom. The molecule has 1 atom stereocenters. The van der Waals surface area contributed by atoms with Crippen molar-refractivity contribution in [1.82, 2.24) is 9.55 Å². The molecule has 1 unspecified atom stereocenters. The smallest absolute Gasteiger partial charge is 0.432 e. The number of halogens is 1. The number of alkyl halides is 1. The second-order valence-electron chi connectivity index (χ2n) is 9.54. The molecule has 1 heterocycles. The van der Waals surface area contributed by atoms with Crippen LogP contribution >= 0.6 is 19.4 Å². The molecule has 0 radical (unpaired) electrons. The number of nitrogens with one attached hydrogen (secondary N) is 1. The number of phosphoric ester groups is 1. The summed E-state index contributed by atoms with van der Waals surface area (Å²) >= 11 is 4.64. The Kier molecular flexibility index (Phi) is 49.8. The molecule has 320 valence electrons. The van der Waals surface area contributed by atoms with E-state index >= 15 is 0 Å². The molecule has 19 heteroatoms. The van der Waals surface area contributed by atoms with Gasteiger partial charge in [-0.3, -0.25) is 14.3 Å². The average molecular weight is 815 g/mol. The van der Waals surface area contributed by atoms with Gasteiger partial charge in [0, 0.05) is 45.6 Å². The second kappa shape index (κ2) is 42.2. The molecule has 1 aliphatic carbocycles. The first kappa shape index (κ1) is 62.5.